The molecular weight excluding hydrogens is 657 g/mol. The number of piperazine rings is 1. The molecular formula is C34H39Cl2N7O5. The van der Waals surface area contributed by atoms with Crippen molar-refractivity contribution < 1.29 is 23.9 Å². The van der Waals surface area contributed by atoms with Crippen LogP contribution in [-0.2, 0) is 27.5 Å². The van der Waals surface area contributed by atoms with Crippen LogP contribution in [0.2, 0.25) is 10.0 Å². The summed E-state index contributed by atoms with van der Waals surface area (Å²) >= 11 is 13.3. The van der Waals surface area contributed by atoms with E-state index in [1.807, 2.05) is 39.8 Å². The molecule has 3 amide bonds. The van der Waals surface area contributed by atoms with Gasteiger partial charge in [-0.2, -0.15) is 4.98 Å². The molecule has 2 aromatic heterocycles. The highest BCUT2D eigenvalue weighted by molar-refractivity contribution is 6.38. The Balaban J connectivity index is 1.18. The van der Waals surface area contributed by atoms with E-state index in [2.05, 4.69) is 20.2 Å². The molecule has 14 heteroatoms. The maximum atomic E-state index is 13.0. The van der Waals surface area contributed by atoms with Crippen LogP contribution in [0, 0.1) is 0 Å². The molecule has 1 aliphatic heterocycles. The van der Waals surface area contributed by atoms with Crippen molar-refractivity contribution in [2.45, 2.75) is 32.9 Å². The van der Waals surface area contributed by atoms with E-state index in [1.165, 1.54) is 4.90 Å². The van der Waals surface area contributed by atoms with E-state index in [0.29, 0.717) is 66.0 Å². The summed E-state index contributed by atoms with van der Waals surface area (Å²) in [5.41, 5.74) is 3.20. The van der Waals surface area contributed by atoms with Gasteiger partial charge in [0.25, 0.3) is 6.01 Å². The molecule has 2 aromatic carbocycles. The molecule has 1 saturated heterocycles. The number of nitrogens with zero attached hydrogens (tertiary/aromatic N) is 6. The fourth-order valence-corrected chi connectivity index (χ4v) is 6.18. The van der Waals surface area contributed by atoms with E-state index >= 15 is 0 Å². The fourth-order valence-electron chi connectivity index (χ4n) is 5.57. The second-order valence-electron chi connectivity index (χ2n) is 11.5. The first kappa shape index (κ1) is 34.9. The Hall–Kier alpha value is -4.39. The molecule has 5 rings (SSSR count). The molecule has 3 heterocycles. The Morgan fingerprint density at radius 2 is 1.81 bits per heavy atom. The van der Waals surface area contributed by atoms with Gasteiger partial charge in [0.05, 0.1) is 42.1 Å². The van der Waals surface area contributed by atoms with Crippen molar-refractivity contribution >= 4 is 57.6 Å². The number of benzene rings is 2. The van der Waals surface area contributed by atoms with Gasteiger partial charge in [-0.1, -0.05) is 35.3 Å². The predicted octanol–water partition coefficient (Wildman–Crippen LogP) is 4.40. The number of imidazole rings is 1. The zero-order valence-corrected chi connectivity index (χ0v) is 28.8. The van der Waals surface area contributed by atoms with Gasteiger partial charge in [0.1, 0.15) is 17.9 Å². The first-order chi connectivity index (χ1) is 23.2. The monoisotopic (exact) mass is 695 g/mol. The Bertz CT molecular complexity index is 1760. The van der Waals surface area contributed by atoms with Crippen LogP contribution in [0.5, 0.6) is 11.8 Å². The standard InChI is InChI=1S/C34H39Cl2N7O5/c1-23(44)42-18-16-41(17-19-42)15-7-11-30(45)38-20-31(46)40(2)27-13-12-26(35)25(32(27)36)22-48-29-10-6-9-28-33(29)39-34(47-3)43(28)21-24-8-4-5-14-37-24/h4-6,8-10,12-14H,7,11,15-22H2,1-3H3,(H,38,45). The SMILES string of the molecule is COc1nc2c(OCc3c(Cl)ccc(N(C)C(=O)CNC(=O)CCCN4CCN(C(C)=O)CC4)c3Cl)cccc2n1Cc1ccccn1. The van der Waals surface area contributed by atoms with E-state index in [9.17, 15) is 14.4 Å². The predicted molar refractivity (Wildman–Crippen MR) is 185 cm³/mol. The topological polar surface area (TPSA) is 122 Å². The molecule has 0 radical (unpaired) electrons. The third-order valence-corrected chi connectivity index (χ3v) is 9.12. The Morgan fingerprint density at radius 1 is 1.02 bits per heavy atom. The van der Waals surface area contributed by atoms with Gasteiger partial charge in [0.2, 0.25) is 17.7 Å². The third-order valence-electron chi connectivity index (χ3n) is 8.34. The lowest BCUT2D eigenvalue weighted by molar-refractivity contribution is -0.130. The van der Waals surface area contributed by atoms with Gasteiger partial charge in [-0.3, -0.25) is 28.8 Å². The number of hydrogen-bond donors (Lipinski definition) is 1. The van der Waals surface area contributed by atoms with Crippen LogP contribution in [0.25, 0.3) is 11.0 Å². The maximum Gasteiger partial charge on any atom is 0.297 e. The van der Waals surface area contributed by atoms with Crippen LogP contribution in [-0.4, -0.2) is 95.5 Å². The van der Waals surface area contributed by atoms with Crippen molar-refractivity contribution in [2.75, 3.05) is 58.3 Å². The van der Waals surface area contributed by atoms with Crippen LogP contribution in [0.4, 0.5) is 5.69 Å². The van der Waals surface area contributed by atoms with Gasteiger partial charge in [-0.05, 0) is 49.4 Å². The van der Waals surface area contributed by atoms with Crippen LogP contribution in [0.3, 0.4) is 0 Å². The van der Waals surface area contributed by atoms with Gasteiger partial charge >= 0.3 is 0 Å². The number of pyridine rings is 1. The maximum absolute atomic E-state index is 13.0. The minimum atomic E-state index is -0.338. The molecule has 0 aliphatic carbocycles. The molecule has 0 atom stereocenters. The van der Waals surface area contributed by atoms with Crippen molar-refractivity contribution in [2.24, 2.45) is 0 Å². The number of halogens is 2. The molecule has 1 aliphatic rings. The molecule has 0 unspecified atom stereocenters. The van der Waals surface area contributed by atoms with Gasteiger partial charge in [0, 0.05) is 63.4 Å². The summed E-state index contributed by atoms with van der Waals surface area (Å²) in [5, 5.41) is 3.35. The highest BCUT2D eigenvalue weighted by atomic mass is 35.5. The van der Waals surface area contributed by atoms with Gasteiger partial charge < -0.3 is 24.6 Å². The average Bonchev–Trinajstić information content (AvgIpc) is 3.45. The molecule has 0 spiro atoms. The highest BCUT2D eigenvalue weighted by Crippen LogP contribution is 2.36. The lowest BCUT2D eigenvalue weighted by atomic mass is 10.2. The number of amides is 3. The van der Waals surface area contributed by atoms with Gasteiger partial charge in [-0.25, -0.2) is 0 Å². The number of para-hydroxylation sites is 1. The number of fused-ring (bicyclic) bond motifs is 1. The van der Waals surface area contributed by atoms with Crippen molar-refractivity contribution in [3.05, 3.63) is 76.0 Å². The summed E-state index contributed by atoms with van der Waals surface area (Å²) in [6.45, 7) is 5.63. The van der Waals surface area contributed by atoms with Crippen molar-refractivity contribution in [3.8, 4) is 11.8 Å². The minimum Gasteiger partial charge on any atom is -0.486 e. The fraction of sp³-hybridized carbons (Fsp3) is 0.382. The molecule has 254 valence electrons. The zero-order valence-electron chi connectivity index (χ0n) is 27.2. The number of hydrogen-bond acceptors (Lipinski definition) is 8. The van der Waals surface area contributed by atoms with E-state index < -0.39 is 0 Å². The lowest BCUT2D eigenvalue weighted by Crippen LogP contribution is -2.48. The van der Waals surface area contributed by atoms with Crippen molar-refractivity contribution in [1.82, 2.24) is 29.7 Å². The summed E-state index contributed by atoms with van der Waals surface area (Å²) < 4.78 is 13.7. The molecule has 1 N–H and O–H groups in total. The van der Waals surface area contributed by atoms with Crippen molar-refractivity contribution in [3.63, 3.8) is 0 Å². The second-order valence-corrected chi connectivity index (χ2v) is 12.2. The number of carbonyl (C=O) groups excluding carboxylic acids is 3. The summed E-state index contributed by atoms with van der Waals surface area (Å²) in [6, 6.07) is 15.1. The normalized spacial score (nSPS) is 13.4. The first-order valence-corrected chi connectivity index (χ1v) is 16.5. The van der Waals surface area contributed by atoms with Gasteiger partial charge in [0.15, 0.2) is 0 Å². The number of nitrogens with one attached hydrogen (secondary N) is 1. The van der Waals surface area contributed by atoms with Crippen molar-refractivity contribution in [1.29, 1.82) is 0 Å². The van der Waals surface area contributed by atoms with E-state index in [4.69, 9.17) is 32.7 Å². The molecule has 12 nitrogen and oxygen atoms in total. The largest absolute Gasteiger partial charge is 0.486 e. The third kappa shape index (κ3) is 8.36. The highest BCUT2D eigenvalue weighted by Gasteiger charge is 2.22. The van der Waals surface area contributed by atoms with Crippen LogP contribution >= 0.6 is 23.2 Å². The molecule has 1 fully saturated rings. The Labute approximate surface area is 289 Å². The zero-order chi connectivity index (χ0) is 34.2. The number of ether oxygens (including phenoxy) is 2. The molecule has 0 saturated carbocycles. The second kappa shape index (κ2) is 16.1. The quantitative estimate of drug-likeness (QED) is 0.219. The smallest absolute Gasteiger partial charge is 0.297 e. The Morgan fingerprint density at radius 3 is 2.52 bits per heavy atom. The lowest BCUT2D eigenvalue weighted by Gasteiger charge is -2.34. The number of rotatable bonds is 13. The first-order valence-electron chi connectivity index (χ1n) is 15.7. The van der Waals surface area contributed by atoms with E-state index in [-0.39, 0.29) is 35.9 Å². The molecule has 48 heavy (non-hydrogen) atoms. The average molecular weight is 697 g/mol. The summed E-state index contributed by atoms with van der Waals surface area (Å²) in [5.74, 6) is 0.0527. The minimum absolute atomic E-state index is 0.0165. The number of likely N-dealkylation sites (N-methyl/N-ethyl adjacent to an activating group) is 1. The summed E-state index contributed by atoms with van der Waals surface area (Å²) in [4.78, 5) is 51.6. The van der Waals surface area contributed by atoms with E-state index in [1.54, 1.807) is 45.5 Å². The van der Waals surface area contributed by atoms with Crippen LogP contribution in [0.1, 0.15) is 31.0 Å². The number of aromatic nitrogens is 3. The number of methoxy groups -OCH3 is 1. The Kier molecular flexibility index (Phi) is 11.7. The van der Waals surface area contributed by atoms with Gasteiger partial charge in [-0.15, -0.1) is 0 Å². The number of anilines is 1. The van der Waals surface area contributed by atoms with E-state index in [0.717, 1.165) is 30.8 Å². The number of carbonyl (C=O) groups is 3. The molecule has 0 bridgehead atoms. The summed E-state index contributed by atoms with van der Waals surface area (Å²) in [6.07, 6.45) is 2.70. The summed E-state index contributed by atoms with van der Waals surface area (Å²) in [7, 11) is 3.16. The van der Waals surface area contributed by atoms with Crippen LogP contribution < -0.4 is 19.7 Å². The molecule has 4 aromatic rings. The van der Waals surface area contributed by atoms with Crippen LogP contribution in [0.15, 0.2) is 54.7 Å².